The number of nitrogens with zero attached hydrogens (tertiary/aromatic N) is 1. The van der Waals surface area contributed by atoms with Gasteiger partial charge in [0.25, 0.3) is 0 Å². The number of hydrogen-bond acceptors (Lipinski definition) is 5. The molecule has 2 aromatic carbocycles. The first-order valence-electron chi connectivity index (χ1n) is 13.8. The third-order valence-electron chi connectivity index (χ3n) is 6.96. The Morgan fingerprint density at radius 2 is 1.87 bits per heavy atom. The fourth-order valence-electron chi connectivity index (χ4n) is 4.76. The average Bonchev–Trinajstić information content (AvgIpc) is 2.87. The SMILES string of the molecule is Cc1cc(C)c(OCCC2CCCN(C(=O)OC(C)(C)C)C2)cc1CNC(=O)C(N)CCc1ccccc1. The molecule has 2 aromatic rings. The topological polar surface area (TPSA) is 93.9 Å². The summed E-state index contributed by atoms with van der Waals surface area (Å²) in [6.45, 7) is 12.2. The summed E-state index contributed by atoms with van der Waals surface area (Å²) in [6, 6.07) is 13.6. The molecule has 3 N–H and O–H groups in total. The molecule has 0 saturated carbocycles. The second kappa shape index (κ2) is 13.7. The van der Waals surface area contributed by atoms with Crippen molar-refractivity contribution in [1.82, 2.24) is 10.2 Å². The molecule has 208 valence electrons. The van der Waals surface area contributed by atoms with Crippen molar-refractivity contribution in [3.63, 3.8) is 0 Å². The smallest absolute Gasteiger partial charge is 0.410 e. The first kappa shape index (κ1) is 29.5. The monoisotopic (exact) mass is 523 g/mol. The first-order valence-corrected chi connectivity index (χ1v) is 13.8. The number of likely N-dealkylation sites (tertiary alicyclic amines) is 1. The van der Waals surface area contributed by atoms with E-state index >= 15 is 0 Å². The fraction of sp³-hybridized carbons (Fsp3) is 0.548. The van der Waals surface area contributed by atoms with Crippen molar-refractivity contribution in [2.24, 2.45) is 11.7 Å². The van der Waals surface area contributed by atoms with Crippen LogP contribution in [0.4, 0.5) is 4.79 Å². The Morgan fingerprint density at radius 3 is 2.58 bits per heavy atom. The van der Waals surface area contributed by atoms with Gasteiger partial charge in [-0.2, -0.15) is 0 Å². The number of aryl methyl sites for hydroxylation is 3. The predicted octanol–water partition coefficient (Wildman–Crippen LogP) is 5.30. The van der Waals surface area contributed by atoms with Gasteiger partial charge in [-0.15, -0.1) is 0 Å². The summed E-state index contributed by atoms with van der Waals surface area (Å²) in [5.41, 5.74) is 10.0. The standard InChI is InChI=1S/C31H45N3O4/c1-22-18-23(2)28(37-17-15-25-12-9-16-34(21-25)30(36)38-31(3,4)5)19-26(22)20-33-29(35)27(32)14-13-24-10-7-6-8-11-24/h6-8,10-11,18-19,25,27H,9,12-17,20-21,32H2,1-5H3,(H,33,35). The van der Waals surface area contributed by atoms with E-state index < -0.39 is 11.6 Å². The molecule has 0 radical (unpaired) electrons. The second-order valence-electron chi connectivity index (χ2n) is 11.5. The van der Waals surface area contributed by atoms with E-state index in [4.69, 9.17) is 15.2 Å². The number of carbonyl (C=O) groups is 2. The van der Waals surface area contributed by atoms with Gasteiger partial charge in [0.05, 0.1) is 12.6 Å². The van der Waals surface area contributed by atoms with Crippen molar-refractivity contribution in [1.29, 1.82) is 0 Å². The number of nitrogens with two attached hydrogens (primary N) is 1. The highest BCUT2D eigenvalue weighted by molar-refractivity contribution is 5.81. The molecule has 1 aliphatic heterocycles. The molecule has 7 nitrogen and oxygen atoms in total. The molecule has 1 aliphatic rings. The van der Waals surface area contributed by atoms with Gasteiger partial charge in [-0.25, -0.2) is 4.79 Å². The number of piperidine rings is 1. The molecule has 0 aliphatic carbocycles. The number of carbonyl (C=O) groups excluding carboxylic acids is 2. The maximum Gasteiger partial charge on any atom is 0.410 e. The number of hydrogen-bond donors (Lipinski definition) is 2. The maximum absolute atomic E-state index is 12.6. The van der Waals surface area contributed by atoms with Crippen LogP contribution in [0.15, 0.2) is 42.5 Å². The minimum Gasteiger partial charge on any atom is -0.493 e. The molecular weight excluding hydrogens is 478 g/mol. The zero-order valence-corrected chi connectivity index (χ0v) is 23.7. The van der Waals surface area contributed by atoms with Crippen molar-refractivity contribution in [3.8, 4) is 5.75 Å². The Kier molecular flexibility index (Phi) is 10.6. The van der Waals surface area contributed by atoms with E-state index in [-0.39, 0.29) is 12.0 Å². The molecule has 0 spiro atoms. The molecular formula is C31H45N3O4. The zero-order chi connectivity index (χ0) is 27.7. The quantitative estimate of drug-likeness (QED) is 0.441. The summed E-state index contributed by atoms with van der Waals surface area (Å²) in [5, 5.41) is 2.99. The van der Waals surface area contributed by atoms with Crippen molar-refractivity contribution in [2.75, 3.05) is 19.7 Å². The number of rotatable bonds is 10. The number of ether oxygens (including phenoxy) is 2. The molecule has 1 saturated heterocycles. The highest BCUT2D eigenvalue weighted by Gasteiger charge is 2.27. The van der Waals surface area contributed by atoms with Crippen LogP contribution >= 0.6 is 0 Å². The number of nitrogens with one attached hydrogen (secondary N) is 1. The molecule has 2 unspecified atom stereocenters. The molecule has 38 heavy (non-hydrogen) atoms. The summed E-state index contributed by atoms with van der Waals surface area (Å²) in [7, 11) is 0. The van der Waals surface area contributed by atoms with Crippen LogP contribution in [-0.4, -0.2) is 48.2 Å². The Balaban J connectivity index is 1.47. The van der Waals surface area contributed by atoms with Crippen LogP contribution in [0.1, 0.15) is 68.7 Å². The third kappa shape index (κ3) is 9.35. The second-order valence-corrected chi connectivity index (χ2v) is 11.5. The lowest BCUT2D eigenvalue weighted by Crippen LogP contribution is -2.43. The van der Waals surface area contributed by atoms with Crippen LogP contribution in [0.2, 0.25) is 0 Å². The average molecular weight is 524 g/mol. The Bertz CT molecular complexity index is 1060. The molecule has 1 heterocycles. The summed E-state index contributed by atoms with van der Waals surface area (Å²) in [4.78, 5) is 26.9. The van der Waals surface area contributed by atoms with Gasteiger partial charge >= 0.3 is 6.09 Å². The molecule has 0 aromatic heterocycles. The van der Waals surface area contributed by atoms with E-state index in [0.717, 1.165) is 54.7 Å². The van der Waals surface area contributed by atoms with Gasteiger partial charge in [0, 0.05) is 19.6 Å². The summed E-state index contributed by atoms with van der Waals surface area (Å²) in [6.07, 6.45) is 4.07. The van der Waals surface area contributed by atoms with Crippen LogP contribution in [0, 0.1) is 19.8 Å². The minimum absolute atomic E-state index is 0.143. The normalized spacial score (nSPS) is 16.6. The highest BCUT2D eigenvalue weighted by Crippen LogP contribution is 2.26. The van der Waals surface area contributed by atoms with Gasteiger partial charge in [-0.05, 0) is 101 Å². The number of benzene rings is 2. The molecule has 0 bridgehead atoms. The largest absolute Gasteiger partial charge is 0.493 e. The van der Waals surface area contributed by atoms with Crippen LogP contribution in [-0.2, 0) is 22.5 Å². The molecule has 3 rings (SSSR count). The maximum atomic E-state index is 12.6. The molecule has 2 amide bonds. The van der Waals surface area contributed by atoms with Crippen LogP contribution < -0.4 is 15.8 Å². The Hall–Kier alpha value is -3.06. The van der Waals surface area contributed by atoms with E-state index in [1.807, 2.05) is 75.9 Å². The van der Waals surface area contributed by atoms with Gasteiger partial charge < -0.3 is 25.4 Å². The van der Waals surface area contributed by atoms with E-state index in [1.165, 1.54) is 5.56 Å². The molecule has 2 atom stereocenters. The van der Waals surface area contributed by atoms with Gasteiger partial charge in [0.1, 0.15) is 11.4 Å². The number of amides is 2. The summed E-state index contributed by atoms with van der Waals surface area (Å²) >= 11 is 0. The van der Waals surface area contributed by atoms with Crippen LogP contribution in [0.3, 0.4) is 0 Å². The van der Waals surface area contributed by atoms with Gasteiger partial charge in [-0.3, -0.25) is 4.79 Å². The Morgan fingerprint density at radius 1 is 1.13 bits per heavy atom. The lowest BCUT2D eigenvalue weighted by atomic mass is 9.95. The van der Waals surface area contributed by atoms with Crippen molar-refractivity contribution < 1.29 is 19.1 Å². The van der Waals surface area contributed by atoms with Crippen molar-refractivity contribution in [2.45, 2.75) is 84.9 Å². The zero-order valence-electron chi connectivity index (χ0n) is 23.7. The summed E-state index contributed by atoms with van der Waals surface area (Å²) in [5.74, 6) is 1.07. The van der Waals surface area contributed by atoms with E-state index in [1.54, 1.807) is 0 Å². The van der Waals surface area contributed by atoms with Crippen LogP contribution in [0.5, 0.6) is 5.75 Å². The van der Waals surface area contributed by atoms with Crippen molar-refractivity contribution >= 4 is 12.0 Å². The minimum atomic E-state index is -0.549. The van der Waals surface area contributed by atoms with Gasteiger partial charge in [0.15, 0.2) is 0 Å². The third-order valence-corrected chi connectivity index (χ3v) is 6.96. The highest BCUT2D eigenvalue weighted by atomic mass is 16.6. The lowest BCUT2D eigenvalue weighted by molar-refractivity contribution is -0.122. The molecule has 7 heteroatoms. The van der Waals surface area contributed by atoms with Gasteiger partial charge in [0.2, 0.25) is 5.91 Å². The van der Waals surface area contributed by atoms with E-state index in [2.05, 4.69) is 11.4 Å². The summed E-state index contributed by atoms with van der Waals surface area (Å²) < 4.78 is 11.7. The fourth-order valence-corrected chi connectivity index (χ4v) is 4.76. The lowest BCUT2D eigenvalue weighted by Gasteiger charge is -2.34. The first-order chi connectivity index (χ1) is 18.0. The van der Waals surface area contributed by atoms with E-state index in [0.29, 0.717) is 32.0 Å². The van der Waals surface area contributed by atoms with Crippen LogP contribution in [0.25, 0.3) is 0 Å². The van der Waals surface area contributed by atoms with Gasteiger partial charge in [-0.1, -0.05) is 36.4 Å². The molecule has 1 fully saturated rings. The predicted molar refractivity (Wildman–Crippen MR) is 151 cm³/mol. The Labute approximate surface area is 228 Å². The van der Waals surface area contributed by atoms with E-state index in [9.17, 15) is 9.59 Å². The van der Waals surface area contributed by atoms with Crippen molar-refractivity contribution in [3.05, 3.63) is 64.7 Å².